The predicted molar refractivity (Wildman–Crippen MR) is 51.8 cm³/mol. The van der Waals surface area contributed by atoms with Gasteiger partial charge in [-0.05, 0) is 12.8 Å². The summed E-state index contributed by atoms with van der Waals surface area (Å²) in [6, 6.07) is 0.0673. The molecule has 0 saturated carbocycles. The third-order valence-corrected chi connectivity index (χ3v) is 2.86. The number of rotatable bonds is 5. The molecular formula is C10H17NO3. The van der Waals surface area contributed by atoms with E-state index in [0.29, 0.717) is 0 Å². The summed E-state index contributed by atoms with van der Waals surface area (Å²) < 4.78 is 5.29. The van der Waals surface area contributed by atoms with Crippen LogP contribution in [0.3, 0.4) is 0 Å². The smallest absolute Gasteiger partial charge is 0.210 e. The zero-order chi connectivity index (χ0) is 10.6. The van der Waals surface area contributed by atoms with Crippen molar-refractivity contribution < 1.29 is 14.3 Å². The van der Waals surface area contributed by atoms with Crippen molar-refractivity contribution in [1.82, 2.24) is 4.90 Å². The molecule has 4 heteroatoms. The van der Waals surface area contributed by atoms with E-state index in [9.17, 15) is 9.59 Å². The van der Waals surface area contributed by atoms with E-state index in [0.717, 1.165) is 32.1 Å². The SMILES string of the molecule is COC(C(C)C=O)C1CCCN1C=O. The Morgan fingerprint density at radius 2 is 2.21 bits per heavy atom. The van der Waals surface area contributed by atoms with Crippen LogP contribution in [0.1, 0.15) is 19.8 Å². The minimum atomic E-state index is -0.166. The normalized spacial score (nSPS) is 25.9. The second-order valence-electron chi connectivity index (χ2n) is 3.75. The Labute approximate surface area is 84.2 Å². The van der Waals surface area contributed by atoms with Gasteiger partial charge in [-0.2, -0.15) is 0 Å². The van der Waals surface area contributed by atoms with Crippen molar-refractivity contribution in [2.24, 2.45) is 5.92 Å². The Morgan fingerprint density at radius 1 is 1.50 bits per heavy atom. The standard InChI is InChI=1S/C10H17NO3/c1-8(6-12)10(14-2)9-4-3-5-11(9)7-13/h6-10H,3-5H2,1-2H3. The van der Waals surface area contributed by atoms with Gasteiger partial charge in [0.05, 0.1) is 12.1 Å². The fourth-order valence-corrected chi connectivity index (χ4v) is 2.10. The monoisotopic (exact) mass is 199 g/mol. The lowest BCUT2D eigenvalue weighted by Gasteiger charge is -2.30. The molecular weight excluding hydrogens is 182 g/mol. The van der Waals surface area contributed by atoms with Gasteiger partial charge in [-0.3, -0.25) is 4.79 Å². The van der Waals surface area contributed by atoms with Crippen LogP contribution in [0.15, 0.2) is 0 Å². The first-order chi connectivity index (χ1) is 6.74. The van der Waals surface area contributed by atoms with Crippen LogP contribution in [0.5, 0.6) is 0 Å². The van der Waals surface area contributed by atoms with Gasteiger partial charge in [0.25, 0.3) is 0 Å². The molecule has 1 rings (SSSR count). The Hall–Kier alpha value is -0.900. The van der Waals surface area contributed by atoms with Crippen molar-refractivity contribution in [3.63, 3.8) is 0 Å². The number of carbonyl (C=O) groups is 2. The summed E-state index contributed by atoms with van der Waals surface area (Å²) in [4.78, 5) is 23.1. The molecule has 1 saturated heterocycles. The minimum Gasteiger partial charge on any atom is -0.379 e. The van der Waals surface area contributed by atoms with Crippen LogP contribution >= 0.6 is 0 Å². The lowest BCUT2D eigenvalue weighted by Crippen LogP contribution is -2.43. The summed E-state index contributed by atoms with van der Waals surface area (Å²) in [5.74, 6) is -0.162. The van der Waals surface area contributed by atoms with Crippen molar-refractivity contribution in [3.8, 4) is 0 Å². The Balaban J connectivity index is 2.67. The van der Waals surface area contributed by atoms with Gasteiger partial charge in [0.15, 0.2) is 0 Å². The molecule has 0 aromatic heterocycles. The summed E-state index contributed by atoms with van der Waals surface area (Å²) in [5.41, 5.74) is 0. The van der Waals surface area contributed by atoms with E-state index in [1.807, 2.05) is 6.92 Å². The van der Waals surface area contributed by atoms with Crippen molar-refractivity contribution in [2.45, 2.75) is 31.9 Å². The van der Waals surface area contributed by atoms with E-state index >= 15 is 0 Å². The fraction of sp³-hybridized carbons (Fsp3) is 0.800. The molecule has 1 amide bonds. The summed E-state index contributed by atoms with van der Waals surface area (Å²) in [5, 5.41) is 0. The number of hydrogen-bond donors (Lipinski definition) is 0. The number of ether oxygens (including phenoxy) is 1. The molecule has 4 nitrogen and oxygen atoms in total. The zero-order valence-corrected chi connectivity index (χ0v) is 8.68. The number of nitrogens with zero attached hydrogens (tertiary/aromatic N) is 1. The summed E-state index contributed by atoms with van der Waals surface area (Å²) in [6.07, 6.45) is 3.49. The number of likely N-dealkylation sites (tertiary alicyclic amines) is 1. The maximum atomic E-state index is 10.7. The maximum absolute atomic E-state index is 10.7. The molecule has 3 unspecified atom stereocenters. The molecule has 3 atom stereocenters. The number of hydrogen-bond acceptors (Lipinski definition) is 3. The van der Waals surface area contributed by atoms with Gasteiger partial charge >= 0.3 is 0 Å². The molecule has 0 aromatic rings. The summed E-state index contributed by atoms with van der Waals surface area (Å²) in [6.45, 7) is 2.60. The molecule has 1 heterocycles. The van der Waals surface area contributed by atoms with E-state index in [1.54, 1.807) is 12.0 Å². The van der Waals surface area contributed by atoms with Crippen molar-refractivity contribution >= 4 is 12.7 Å². The molecule has 0 bridgehead atoms. The maximum Gasteiger partial charge on any atom is 0.210 e. The van der Waals surface area contributed by atoms with Crippen molar-refractivity contribution in [1.29, 1.82) is 0 Å². The van der Waals surface area contributed by atoms with Crippen LogP contribution in [0.25, 0.3) is 0 Å². The van der Waals surface area contributed by atoms with Crippen LogP contribution < -0.4 is 0 Å². The first kappa shape index (κ1) is 11.2. The van der Waals surface area contributed by atoms with Gasteiger partial charge in [-0.15, -0.1) is 0 Å². The van der Waals surface area contributed by atoms with Gasteiger partial charge in [0.2, 0.25) is 6.41 Å². The molecule has 0 radical (unpaired) electrons. The Bertz CT molecular complexity index is 208. The van der Waals surface area contributed by atoms with Gasteiger partial charge < -0.3 is 14.4 Å². The lowest BCUT2D eigenvalue weighted by molar-refractivity contribution is -0.125. The van der Waals surface area contributed by atoms with Crippen molar-refractivity contribution in [2.75, 3.05) is 13.7 Å². The fourth-order valence-electron chi connectivity index (χ4n) is 2.10. The minimum absolute atomic E-state index is 0.0673. The number of carbonyl (C=O) groups excluding carboxylic acids is 2. The molecule has 0 aliphatic carbocycles. The number of methoxy groups -OCH3 is 1. The quantitative estimate of drug-likeness (QED) is 0.604. The topological polar surface area (TPSA) is 46.6 Å². The van der Waals surface area contributed by atoms with E-state index in [1.165, 1.54) is 0 Å². The first-order valence-electron chi connectivity index (χ1n) is 4.93. The second kappa shape index (κ2) is 5.10. The van der Waals surface area contributed by atoms with Crippen LogP contribution in [0, 0.1) is 5.92 Å². The third-order valence-electron chi connectivity index (χ3n) is 2.86. The van der Waals surface area contributed by atoms with Crippen LogP contribution in [0.4, 0.5) is 0 Å². The highest BCUT2D eigenvalue weighted by molar-refractivity contribution is 5.55. The van der Waals surface area contributed by atoms with Crippen LogP contribution in [-0.4, -0.2) is 43.4 Å². The van der Waals surface area contributed by atoms with E-state index in [2.05, 4.69) is 0 Å². The molecule has 14 heavy (non-hydrogen) atoms. The van der Waals surface area contributed by atoms with E-state index < -0.39 is 0 Å². The van der Waals surface area contributed by atoms with E-state index in [-0.39, 0.29) is 18.1 Å². The highest BCUT2D eigenvalue weighted by atomic mass is 16.5. The molecule has 0 aromatic carbocycles. The Kier molecular flexibility index (Phi) is 4.07. The highest BCUT2D eigenvalue weighted by Crippen LogP contribution is 2.23. The molecule has 1 aliphatic rings. The lowest BCUT2D eigenvalue weighted by atomic mass is 9.97. The Morgan fingerprint density at radius 3 is 2.71 bits per heavy atom. The number of amides is 1. The van der Waals surface area contributed by atoms with Gasteiger partial charge in [-0.25, -0.2) is 0 Å². The van der Waals surface area contributed by atoms with Crippen LogP contribution in [-0.2, 0) is 14.3 Å². The molecule has 0 N–H and O–H groups in total. The average molecular weight is 199 g/mol. The molecule has 80 valence electrons. The van der Waals surface area contributed by atoms with Crippen molar-refractivity contribution in [3.05, 3.63) is 0 Å². The third kappa shape index (κ3) is 2.12. The highest BCUT2D eigenvalue weighted by Gasteiger charge is 2.34. The van der Waals surface area contributed by atoms with Crippen LogP contribution in [0.2, 0.25) is 0 Å². The van der Waals surface area contributed by atoms with Gasteiger partial charge in [0.1, 0.15) is 6.29 Å². The molecule has 0 spiro atoms. The summed E-state index contributed by atoms with van der Waals surface area (Å²) in [7, 11) is 1.59. The largest absolute Gasteiger partial charge is 0.379 e. The average Bonchev–Trinajstić information content (AvgIpc) is 2.66. The zero-order valence-electron chi connectivity index (χ0n) is 8.68. The second-order valence-corrected chi connectivity index (χ2v) is 3.75. The molecule has 1 aliphatic heterocycles. The van der Waals surface area contributed by atoms with Gasteiger partial charge in [-0.1, -0.05) is 6.92 Å². The summed E-state index contributed by atoms with van der Waals surface area (Å²) >= 11 is 0. The molecule has 1 fully saturated rings. The van der Waals surface area contributed by atoms with Gasteiger partial charge in [0, 0.05) is 19.6 Å². The number of aldehydes is 1. The predicted octanol–water partition coefficient (Wildman–Crippen LogP) is 0.457. The first-order valence-corrected chi connectivity index (χ1v) is 4.93. The van der Waals surface area contributed by atoms with E-state index in [4.69, 9.17) is 4.74 Å².